The number of fused-ring (bicyclic) bond motifs is 4. The molecule has 2 saturated heterocycles. The number of barbiturate groups is 1. The Morgan fingerprint density at radius 3 is 2.55 bits per heavy atom. The van der Waals surface area contributed by atoms with Crippen LogP contribution in [0.3, 0.4) is 0 Å². The summed E-state index contributed by atoms with van der Waals surface area (Å²) in [7, 11) is 1.88. The Morgan fingerprint density at radius 2 is 1.85 bits per heavy atom. The van der Waals surface area contributed by atoms with Gasteiger partial charge in [0.1, 0.15) is 5.82 Å². The molecule has 1 spiro atoms. The summed E-state index contributed by atoms with van der Waals surface area (Å²) in [5.74, 6) is -2.00. The Balaban J connectivity index is 1.68. The lowest BCUT2D eigenvalue weighted by Gasteiger charge is -2.54. The number of piperazine rings is 1. The number of hydrogen-bond donors (Lipinski definition) is 1. The molecule has 5 rings (SSSR count). The first-order chi connectivity index (χ1) is 15.7. The molecule has 3 heterocycles. The largest absolute Gasteiger partial charge is 0.364 e. The monoisotopic (exact) mass is 453 g/mol. The van der Waals surface area contributed by atoms with Crippen molar-refractivity contribution in [3.8, 4) is 0 Å². The lowest BCUT2D eigenvalue weighted by molar-refractivity contribution is -0.384. The number of rotatable bonds is 2. The molecule has 2 aromatic carbocycles. The van der Waals surface area contributed by atoms with Crippen molar-refractivity contribution in [2.75, 3.05) is 36.5 Å². The van der Waals surface area contributed by atoms with Gasteiger partial charge in [-0.25, -0.2) is 14.1 Å². The Kier molecular flexibility index (Phi) is 4.67. The number of carbonyl (C=O) groups is 3. The predicted molar refractivity (Wildman–Crippen MR) is 115 cm³/mol. The smallest absolute Gasteiger partial charge is 0.335 e. The van der Waals surface area contributed by atoms with Crippen LogP contribution in [-0.4, -0.2) is 60.4 Å². The third-order valence-electron chi connectivity index (χ3n) is 6.70. The van der Waals surface area contributed by atoms with Gasteiger partial charge >= 0.3 is 6.03 Å². The highest BCUT2D eigenvalue weighted by Gasteiger charge is 2.63. The number of likely N-dealkylation sites (N-methyl/N-ethyl adjacent to an activating group) is 1. The van der Waals surface area contributed by atoms with Gasteiger partial charge in [-0.2, -0.15) is 0 Å². The van der Waals surface area contributed by atoms with E-state index in [1.54, 1.807) is 6.07 Å². The number of urea groups is 1. The van der Waals surface area contributed by atoms with Crippen LogP contribution in [0.4, 0.5) is 26.2 Å². The SMILES string of the molecule is CN1CCN2c3ccc([N+](=O)[O-])cc3C[C@@]3(C(=O)NC(=O)N(c4ccc(F)cc4)C3=O)[C@@H]2C1. The first-order valence-corrected chi connectivity index (χ1v) is 10.4. The first-order valence-electron chi connectivity index (χ1n) is 10.4. The second-order valence-corrected chi connectivity index (χ2v) is 8.57. The Hall–Kier alpha value is -3.86. The van der Waals surface area contributed by atoms with Crippen LogP contribution in [0, 0.1) is 21.3 Å². The molecule has 3 aliphatic heterocycles. The van der Waals surface area contributed by atoms with E-state index in [1.165, 1.54) is 24.3 Å². The fourth-order valence-corrected chi connectivity index (χ4v) is 5.08. The number of imide groups is 2. The maximum atomic E-state index is 14.0. The molecular formula is C22H20FN5O5. The number of nitro benzene ring substituents is 1. The molecule has 0 radical (unpaired) electrons. The van der Waals surface area contributed by atoms with Crippen LogP contribution in [0.25, 0.3) is 0 Å². The van der Waals surface area contributed by atoms with Gasteiger partial charge in [-0.05, 0) is 42.9 Å². The fourth-order valence-electron chi connectivity index (χ4n) is 5.08. The van der Waals surface area contributed by atoms with Crippen molar-refractivity contribution < 1.29 is 23.7 Å². The molecule has 0 saturated carbocycles. The predicted octanol–water partition coefficient (Wildman–Crippen LogP) is 1.68. The van der Waals surface area contributed by atoms with Gasteiger partial charge in [0, 0.05) is 43.9 Å². The molecule has 170 valence electrons. The molecule has 0 aliphatic carbocycles. The minimum Gasteiger partial charge on any atom is -0.364 e. The maximum absolute atomic E-state index is 14.0. The van der Waals surface area contributed by atoms with E-state index >= 15 is 0 Å². The second kappa shape index (κ2) is 7.34. The molecule has 10 nitrogen and oxygen atoms in total. The molecule has 0 bridgehead atoms. The molecule has 0 aromatic heterocycles. The number of benzene rings is 2. The number of nitrogens with one attached hydrogen (secondary N) is 1. The van der Waals surface area contributed by atoms with Crippen LogP contribution in [-0.2, 0) is 16.0 Å². The van der Waals surface area contributed by atoms with Gasteiger partial charge in [-0.1, -0.05) is 0 Å². The number of anilines is 2. The maximum Gasteiger partial charge on any atom is 0.335 e. The molecule has 2 fully saturated rings. The minimum atomic E-state index is -1.70. The van der Waals surface area contributed by atoms with Crippen molar-refractivity contribution in [1.82, 2.24) is 10.2 Å². The van der Waals surface area contributed by atoms with E-state index in [2.05, 4.69) is 5.32 Å². The van der Waals surface area contributed by atoms with Crippen LogP contribution in [0.15, 0.2) is 42.5 Å². The van der Waals surface area contributed by atoms with Crippen LogP contribution < -0.4 is 15.1 Å². The summed E-state index contributed by atoms with van der Waals surface area (Å²) >= 11 is 0. The van der Waals surface area contributed by atoms with Gasteiger partial charge in [0.2, 0.25) is 5.91 Å². The fraction of sp³-hybridized carbons (Fsp3) is 0.318. The first kappa shape index (κ1) is 21.0. The number of hydrogen-bond acceptors (Lipinski definition) is 7. The Labute approximate surface area is 187 Å². The van der Waals surface area contributed by atoms with E-state index in [1.807, 2.05) is 16.8 Å². The third-order valence-corrected chi connectivity index (χ3v) is 6.70. The summed E-state index contributed by atoms with van der Waals surface area (Å²) < 4.78 is 13.5. The van der Waals surface area contributed by atoms with Gasteiger partial charge in [-0.3, -0.25) is 25.0 Å². The van der Waals surface area contributed by atoms with E-state index in [-0.39, 0.29) is 17.8 Å². The van der Waals surface area contributed by atoms with E-state index in [4.69, 9.17) is 0 Å². The summed E-state index contributed by atoms with van der Waals surface area (Å²) in [6, 6.07) is 7.75. The van der Waals surface area contributed by atoms with Crippen molar-refractivity contribution in [3.05, 3.63) is 64.0 Å². The minimum absolute atomic E-state index is 0.103. The Morgan fingerprint density at radius 1 is 1.12 bits per heavy atom. The van der Waals surface area contributed by atoms with Crippen LogP contribution in [0.5, 0.6) is 0 Å². The number of amides is 4. The topological polar surface area (TPSA) is 116 Å². The van der Waals surface area contributed by atoms with E-state index < -0.39 is 40.0 Å². The zero-order chi connectivity index (χ0) is 23.5. The third kappa shape index (κ3) is 3.07. The van der Waals surface area contributed by atoms with Gasteiger partial charge in [-0.15, -0.1) is 0 Å². The van der Waals surface area contributed by atoms with Gasteiger partial charge in [0.15, 0.2) is 5.41 Å². The molecule has 1 N–H and O–H groups in total. The molecule has 2 aromatic rings. The zero-order valence-electron chi connectivity index (χ0n) is 17.7. The number of carbonyl (C=O) groups excluding carboxylic acids is 3. The van der Waals surface area contributed by atoms with E-state index in [0.29, 0.717) is 25.2 Å². The number of non-ortho nitro benzene ring substituents is 1. The molecule has 33 heavy (non-hydrogen) atoms. The van der Waals surface area contributed by atoms with E-state index in [9.17, 15) is 28.9 Å². The lowest BCUT2D eigenvalue weighted by atomic mass is 9.67. The van der Waals surface area contributed by atoms with Crippen molar-refractivity contribution >= 4 is 34.9 Å². The van der Waals surface area contributed by atoms with Gasteiger partial charge < -0.3 is 9.80 Å². The highest BCUT2D eigenvalue weighted by Crippen LogP contribution is 2.47. The quantitative estimate of drug-likeness (QED) is 0.418. The summed E-state index contributed by atoms with van der Waals surface area (Å²) in [6.07, 6.45) is -0.103. The molecular weight excluding hydrogens is 433 g/mol. The van der Waals surface area contributed by atoms with Gasteiger partial charge in [0.25, 0.3) is 11.6 Å². The molecule has 0 unspecified atom stereocenters. The van der Waals surface area contributed by atoms with Crippen molar-refractivity contribution in [1.29, 1.82) is 0 Å². The highest BCUT2D eigenvalue weighted by atomic mass is 19.1. The number of nitrogens with zero attached hydrogens (tertiary/aromatic N) is 4. The summed E-state index contributed by atoms with van der Waals surface area (Å²) in [6.45, 7) is 1.54. The van der Waals surface area contributed by atoms with Crippen LogP contribution in [0.2, 0.25) is 0 Å². The zero-order valence-corrected chi connectivity index (χ0v) is 17.7. The van der Waals surface area contributed by atoms with Gasteiger partial charge in [0.05, 0.1) is 16.7 Å². The highest BCUT2D eigenvalue weighted by molar-refractivity contribution is 6.30. The average Bonchev–Trinajstić information content (AvgIpc) is 2.78. The summed E-state index contributed by atoms with van der Waals surface area (Å²) in [5.41, 5.74) is -0.492. The normalized spacial score (nSPS) is 25.0. The standard InChI is InChI=1S/C22H20FN5O5/c1-25-8-9-26-17-7-6-16(28(32)33)10-13(17)11-22(18(26)12-25)19(29)24-21(31)27(20(22)30)15-4-2-14(23)3-5-15/h2-7,10,18H,8-9,11-12H2,1H3,(H,24,29,31)/t18-,22-/m0/s1. The number of halogens is 1. The lowest BCUT2D eigenvalue weighted by Crippen LogP contribution is -2.75. The van der Waals surface area contributed by atoms with Crippen LogP contribution >= 0.6 is 0 Å². The van der Waals surface area contributed by atoms with Crippen LogP contribution in [0.1, 0.15) is 5.56 Å². The summed E-state index contributed by atoms with van der Waals surface area (Å²) in [4.78, 5) is 55.7. The van der Waals surface area contributed by atoms with Crippen molar-refractivity contribution in [2.45, 2.75) is 12.5 Å². The molecule has 3 aliphatic rings. The second-order valence-electron chi connectivity index (χ2n) is 8.57. The molecule has 11 heteroatoms. The van der Waals surface area contributed by atoms with E-state index in [0.717, 1.165) is 22.7 Å². The summed E-state index contributed by atoms with van der Waals surface area (Å²) in [5, 5.41) is 13.7. The van der Waals surface area contributed by atoms with Crippen molar-refractivity contribution in [3.63, 3.8) is 0 Å². The molecule has 4 amide bonds. The van der Waals surface area contributed by atoms with Crippen molar-refractivity contribution in [2.24, 2.45) is 5.41 Å². The average molecular weight is 453 g/mol. The number of nitro groups is 1. The Bertz CT molecular complexity index is 1200. The molecule has 2 atom stereocenters.